The van der Waals surface area contributed by atoms with Crippen LogP contribution < -0.4 is 14.8 Å². The standard InChI is InChI=1S/C22H19BrN2O3/c1-27-20-13-16(14-24-17-8-4-2-5-9-17)12-19(23)22(20)28-15-21(26)25-18-10-6-3-7-11-18/h2-14H,15H2,1H3,(H,25,26). The van der Waals surface area contributed by atoms with E-state index in [2.05, 4.69) is 26.2 Å². The first kappa shape index (κ1) is 19.6. The SMILES string of the molecule is COc1cc(C=Nc2ccccc2)cc(Br)c1OCC(=O)Nc1ccccc1. The van der Waals surface area contributed by atoms with Gasteiger partial charge >= 0.3 is 0 Å². The number of carbonyl (C=O) groups is 1. The van der Waals surface area contributed by atoms with Gasteiger partial charge in [0, 0.05) is 11.9 Å². The van der Waals surface area contributed by atoms with Gasteiger partial charge in [-0.2, -0.15) is 0 Å². The summed E-state index contributed by atoms with van der Waals surface area (Å²) in [4.78, 5) is 16.5. The molecule has 1 amide bonds. The molecule has 3 rings (SSSR count). The van der Waals surface area contributed by atoms with E-state index in [0.717, 1.165) is 16.9 Å². The van der Waals surface area contributed by atoms with Crippen molar-refractivity contribution in [1.29, 1.82) is 0 Å². The Bertz CT molecular complexity index is 960. The van der Waals surface area contributed by atoms with Crippen molar-refractivity contribution in [2.45, 2.75) is 0 Å². The van der Waals surface area contributed by atoms with Gasteiger partial charge < -0.3 is 14.8 Å². The van der Waals surface area contributed by atoms with Crippen LogP contribution in [0, 0.1) is 0 Å². The van der Waals surface area contributed by atoms with Crippen LogP contribution in [0.25, 0.3) is 0 Å². The van der Waals surface area contributed by atoms with Gasteiger partial charge in [-0.1, -0.05) is 36.4 Å². The molecule has 0 aliphatic heterocycles. The molecule has 0 aromatic heterocycles. The van der Waals surface area contributed by atoms with Gasteiger partial charge in [0.25, 0.3) is 5.91 Å². The summed E-state index contributed by atoms with van der Waals surface area (Å²) in [5.41, 5.74) is 2.42. The minimum Gasteiger partial charge on any atom is -0.493 e. The second-order valence-electron chi connectivity index (χ2n) is 5.83. The van der Waals surface area contributed by atoms with Crippen molar-refractivity contribution in [3.05, 3.63) is 82.8 Å². The number of nitrogens with one attached hydrogen (secondary N) is 1. The van der Waals surface area contributed by atoms with E-state index in [-0.39, 0.29) is 12.5 Å². The minimum absolute atomic E-state index is 0.138. The molecule has 0 atom stereocenters. The van der Waals surface area contributed by atoms with Gasteiger partial charge in [-0.25, -0.2) is 0 Å². The average molecular weight is 439 g/mol. The summed E-state index contributed by atoms with van der Waals surface area (Å²) in [5.74, 6) is 0.717. The van der Waals surface area contributed by atoms with E-state index < -0.39 is 0 Å². The monoisotopic (exact) mass is 438 g/mol. The highest BCUT2D eigenvalue weighted by molar-refractivity contribution is 9.10. The molecule has 0 radical (unpaired) electrons. The fraction of sp³-hybridized carbons (Fsp3) is 0.0909. The molecular weight excluding hydrogens is 420 g/mol. The summed E-state index contributed by atoms with van der Waals surface area (Å²) in [6.45, 7) is -0.138. The maximum Gasteiger partial charge on any atom is 0.262 e. The number of aliphatic imine (C=N–C) groups is 1. The number of para-hydroxylation sites is 2. The van der Waals surface area contributed by atoms with E-state index in [4.69, 9.17) is 9.47 Å². The number of benzene rings is 3. The molecule has 6 heteroatoms. The van der Waals surface area contributed by atoms with Gasteiger partial charge in [0.05, 0.1) is 17.3 Å². The predicted molar refractivity (Wildman–Crippen MR) is 115 cm³/mol. The van der Waals surface area contributed by atoms with Crippen LogP contribution in [0.15, 0.2) is 82.3 Å². The first-order valence-electron chi connectivity index (χ1n) is 8.60. The second kappa shape index (κ2) is 9.71. The lowest BCUT2D eigenvalue weighted by molar-refractivity contribution is -0.118. The fourth-order valence-corrected chi connectivity index (χ4v) is 3.05. The number of ether oxygens (including phenoxy) is 2. The molecule has 28 heavy (non-hydrogen) atoms. The number of carbonyl (C=O) groups excluding carboxylic acids is 1. The number of anilines is 1. The predicted octanol–water partition coefficient (Wildman–Crippen LogP) is 5.23. The first-order chi connectivity index (χ1) is 13.7. The third-order valence-electron chi connectivity index (χ3n) is 3.78. The van der Waals surface area contributed by atoms with Crippen molar-refractivity contribution in [2.75, 3.05) is 19.0 Å². The number of rotatable bonds is 7. The molecule has 142 valence electrons. The third kappa shape index (κ3) is 5.44. The minimum atomic E-state index is -0.255. The number of amides is 1. The largest absolute Gasteiger partial charge is 0.493 e. The van der Waals surface area contributed by atoms with Crippen LogP contribution in [0.2, 0.25) is 0 Å². The zero-order valence-corrected chi connectivity index (χ0v) is 16.8. The zero-order valence-electron chi connectivity index (χ0n) is 15.3. The molecule has 0 unspecified atom stereocenters. The lowest BCUT2D eigenvalue weighted by Crippen LogP contribution is -2.20. The molecule has 5 nitrogen and oxygen atoms in total. The van der Waals surface area contributed by atoms with E-state index in [0.29, 0.717) is 16.0 Å². The maximum atomic E-state index is 12.1. The quantitative estimate of drug-likeness (QED) is 0.514. The Kier molecular flexibility index (Phi) is 6.81. The Morgan fingerprint density at radius 1 is 1.07 bits per heavy atom. The lowest BCUT2D eigenvalue weighted by atomic mass is 10.2. The molecule has 0 saturated heterocycles. The van der Waals surface area contributed by atoms with Crippen molar-refractivity contribution < 1.29 is 14.3 Å². The Morgan fingerprint density at radius 2 is 1.75 bits per heavy atom. The Hall–Kier alpha value is -3.12. The van der Waals surface area contributed by atoms with Crippen molar-refractivity contribution in [1.82, 2.24) is 0 Å². The van der Waals surface area contributed by atoms with Crippen molar-refractivity contribution in [3.63, 3.8) is 0 Å². The van der Waals surface area contributed by atoms with Crippen LogP contribution in [0.4, 0.5) is 11.4 Å². The van der Waals surface area contributed by atoms with Gasteiger partial charge in [-0.3, -0.25) is 9.79 Å². The molecule has 1 N–H and O–H groups in total. The van der Waals surface area contributed by atoms with Crippen LogP contribution in [-0.2, 0) is 4.79 Å². The van der Waals surface area contributed by atoms with Crippen LogP contribution in [0.5, 0.6) is 11.5 Å². The van der Waals surface area contributed by atoms with Gasteiger partial charge in [0.1, 0.15) is 0 Å². The molecule has 0 spiro atoms. The Balaban J connectivity index is 1.69. The smallest absolute Gasteiger partial charge is 0.262 e. The van der Waals surface area contributed by atoms with Gasteiger partial charge in [0.2, 0.25) is 0 Å². The van der Waals surface area contributed by atoms with E-state index in [1.165, 1.54) is 0 Å². The zero-order chi connectivity index (χ0) is 19.8. The number of methoxy groups -OCH3 is 1. The first-order valence-corrected chi connectivity index (χ1v) is 9.39. The molecule has 0 bridgehead atoms. The van der Waals surface area contributed by atoms with Crippen molar-refractivity contribution in [2.24, 2.45) is 4.99 Å². The summed E-state index contributed by atoms with van der Waals surface area (Å²) < 4.78 is 11.8. The molecule has 0 aliphatic carbocycles. The molecule has 0 fully saturated rings. The average Bonchev–Trinajstić information content (AvgIpc) is 2.72. The fourth-order valence-electron chi connectivity index (χ4n) is 2.47. The summed E-state index contributed by atoms with van der Waals surface area (Å²) in [5, 5.41) is 2.78. The highest BCUT2D eigenvalue weighted by Gasteiger charge is 2.13. The van der Waals surface area contributed by atoms with Crippen LogP contribution in [-0.4, -0.2) is 25.8 Å². The van der Waals surface area contributed by atoms with Crippen molar-refractivity contribution in [3.8, 4) is 11.5 Å². The lowest BCUT2D eigenvalue weighted by Gasteiger charge is -2.13. The van der Waals surface area contributed by atoms with Gasteiger partial charge in [-0.05, 0) is 57.9 Å². The van der Waals surface area contributed by atoms with Crippen molar-refractivity contribution >= 4 is 39.4 Å². The van der Waals surface area contributed by atoms with Crippen LogP contribution in [0.1, 0.15) is 5.56 Å². The topological polar surface area (TPSA) is 59.9 Å². The highest BCUT2D eigenvalue weighted by Crippen LogP contribution is 2.36. The van der Waals surface area contributed by atoms with E-state index in [1.54, 1.807) is 13.3 Å². The second-order valence-corrected chi connectivity index (χ2v) is 6.69. The van der Waals surface area contributed by atoms with E-state index in [9.17, 15) is 4.79 Å². The molecule has 3 aromatic carbocycles. The van der Waals surface area contributed by atoms with E-state index >= 15 is 0 Å². The summed E-state index contributed by atoms with van der Waals surface area (Å²) >= 11 is 3.48. The molecular formula is C22H19BrN2O3. The number of hydrogen-bond donors (Lipinski definition) is 1. The number of hydrogen-bond acceptors (Lipinski definition) is 4. The Labute approximate surface area is 172 Å². The summed E-state index contributed by atoms with van der Waals surface area (Å²) in [6, 6.07) is 22.5. The van der Waals surface area contributed by atoms with Gasteiger partial charge in [0.15, 0.2) is 18.1 Å². The summed E-state index contributed by atoms with van der Waals surface area (Å²) in [6.07, 6.45) is 1.74. The molecule has 0 saturated carbocycles. The van der Waals surface area contributed by atoms with Gasteiger partial charge in [-0.15, -0.1) is 0 Å². The Morgan fingerprint density at radius 3 is 2.43 bits per heavy atom. The number of halogens is 1. The van der Waals surface area contributed by atoms with E-state index in [1.807, 2.05) is 72.8 Å². The highest BCUT2D eigenvalue weighted by atomic mass is 79.9. The molecule has 0 heterocycles. The van der Waals surface area contributed by atoms with Crippen LogP contribution in [0.3, 0.4) is 0 Å². The van der Waals surface area contributed by atoms with Crippen LogP contribution >= 0.6 is 15.9 Å². The molecule has 3 aromatic rings. The third-order valence-corrected chi connectivity index (χ3v) is 4.36. The molecule has 0 aliphatic rings. The normalized spacial score (nSPS) is 10.6. The number of nitrogens with zero attached hydrogens (tertiary/aromatic N) is 1. The maximum absolute atomic E-state index is 12.1. The summed E-state index contributed by atoms with van der Waals surface area (Å²) in [7, 11) is 1.55.